The average Bonchev–Trinajstić information content (AvgIpc) is 2.91. The maximum absolute atomic E-state index is 12.8. The van der Waals surface area contributed by atoms with Crippen molar-refractivity contribution in [3.63, 3.8) is 0 Å². The minimum atomic E-state index is -0.558. The van der Waals surface area contributed by atoms with Crippen molar-refractivity contribution in [1.29, 1.82) is 0 Å². The maximum Gasteiger partial charge on any atom is 0.410 e. The molecule has 212 valence electrons. The fraction of sp³-hybridized carbons (Fsp3) is 0.586. The molecular weight excluding hydrogens is 496 g/mol. The highest BCUT2D eigenvalue weighted by Gasteiger charge is 2.30. The van der Waals surface area contributed by atoms with Crippen LogP contribution in [-0.2, 0) is 22.4 Å². The van der Waals surface area contributed by atoms with Gasteiger partial charge in [0.2, 0.25) is 0 Å². The van der Waals surface area contributed by atoms with Gasteiger partial charge in [0.1, 0.15) is 11.4 Å². The molecule has 1 aromatic carbocycles. The van der Waals surface area contributed by atoms with Crippen molar-refractivity contribution in [2.24, 2.45) is 0 Å². The summed E-state index contributed by atoms with van der Waals surface area (Å²) in [5, 5.41) is 5.88. The van der Waals surface area contributed by atoms with Gasteiger partial charge in [0.15, 0.2) is 5.82 Å². The number of urea groups is 1. The zero-order chi connectivity index (χ0) is 28.0. The van der Waals surface area contributed by atoms with Crippen LogP contribution in [0.25, 0.3) is 11.4 Å². The summed E-state index contributed by atoms with van der Waals surface area (Å²) in [6.07, 6.45) is 3.59. The highest BCUT2D eigenvalue weighted by molar-refractivity contribution is 5.89. The van der Waals surface area contributed by atoms with Crippen LogP contribution in [0.2, 0.25) is 0 Å². The van der Waals surface area contributed by atoms with Gasteiger partial charge in [-0.05, 0) is 70.7 Å². The van der Waals surface area contributed by atoms with Gasteiger partial charge >= 0.3 is 12.1 Å². The van der Waals surface area contributed by atoms with Gasteiger partial charge in [0.05, 0.1) is 25.5 Å². The second-order valence-corrected chi connectivity index (χ2v) is 10.9. The smallest absolute Gasteiger partial charge is 0.410 e. The first kappa shape index (κ1) is 28.6. The Morgan fingerprint density at radius 2 is 1.72 bits per heavy atom. The van der Waals surface area contributed by atoms with Crippen LogP contribution in [-0.4, -0.2) is 71.5 Å². The summed E-state index contributed by atoms with van der Waals surface area (Å²) < 4.78 is 11.2. The number of carbonyl (C=O) groups excluding carboxylic acids is 2. The van der Waals surface area contributed by atoms with Crippen molar-refractivity contribution in [3.8, 4) is 11.4 Å². The number of benzene rings is 1. The molecule has 10 nitrogen and oxygen atoms in total. The van der Waals surface area contributed by atoms with Crippen LogP contribution < -0.4 is 15.5 Å². The Kier molecular flexibility index (Phi) is 9.27. The van der Waals surface area contributed by atoms with Gasteiger partial charge in [-0.1, -0.05) is 13.8 Å². The molecule has 1 aliphatic carbocycles. The number of fused-ring (bicyclic) bond motifs is 1. The molecule has 39 heavy (non-hydrogen) atoms. The number of aromatic nitrogens is 2. The second-order valence-electron chi connectivity index (χ2n) is 10.9. The Labute approximate surface area is 231 Å². The first-order chi connectivity index (χ1) is 18.7. The first-order valence-electron chi connectivity index (χ1n) is 14.1. The minimum Gasteiger partial charge on any atom is -0.444 e. The molecule has 2 aliphatic heterocycles. The van der Waals surface area contributed by atoms with Crippen LogP contribution in [0.3, 0.4) is 0 Å². The number of morpholine rings is 1. The SMILES string of the molecule is CC.CC(C)(C)OC(=O)N1CCc2c(nc(-c3ccc(NC(=O)NC4CCC4)cc3)nc2N2CCOCC2)C1. The van der Waals surface area contributed by atoms with Crippen molar-refractivity contribution in [2.45, 2.75) is 78.5 Å². The Morgan fingerprint density at radius 3 is 2.33 bits per heavy atom. The van der Waals surface area contributed by atoms with Crippen molar-refractivity contribution >= 4 is 23.6 Å². The fourth-order valence-electron chi connectivity index (χ4n) is 4.67. The lowest BCUT2D eigenvalue weighted by Gasteiger charge is -2.34. The number of ether oxygens (including phenoxy) is 2. The molecule has 5 rings (SSSR count). The molecule has 0 bridgehead atoms. The van der Waals surface area contributed by atoms with E-state index in [9.17, 15) is 9.59 Å². The average molecular weight is 539 g/mol. The number of hydrogen-bond donors (Lipinski definition) is 2. The standard InChI is InChI=1S/C27H36N6O4.C2H6/c1-27(2,3)37-26(35)33-12-11-21-22(17-33)30-23(31-24(21)32-13-15-36-16-14-32)18-7-9-20(10-8-18)29-25(34)28-19-5-4-6-19;1-2/h7-10,19H,4-6,11-17H2,1-3H3,(H2,28,29,34);1-2H3. The molecule has 3 aliphatic rings. The van der Waals surface area contributed by atoms with E-state index in [1.54, 1.807) is 4.90 Å². The van der Waals surface area contributed by atoms with E-state index in [1.807, 2.05) is 58.9 Å². The molecule has 1 saturated heterocycles. The molecule has 10 heteroatoms. The van der Waals surface area contributed by atoms with Gasteiger partial charge in [-0.2, -0.15) is 0 Å². The molecule has 1 aromatic heterocycles. The molecule has 2 aromatic rings. The zero-order valence-electron chi connectivity index (χ0n) is 23.9. The summed E-state index contributed by atoms with van der Waals surface area (Å²) in [4.78, 5) is 38.8. The molecule has 3 amide bonds. The highest BCUT2D eigenvalue weighted by atomic mass is 16.6. The third-order valence-electron chi connectivity index (χ3n) is 6.85. The number of nitrogens with one attached hydrogen (secondary N) is 2. The topological polar surface area (TPSA) is 109 Å². The van der Waals surface area contributed by atoms with Gasteiger partial charge in [-0.25, -0.2) is 19.6 Å². The largest absolute Gasteiger partial charge is 0.444 e. The lowest BCUT2D eigenvalue weighted by Crippen LogP contribution is -2.42. The number of rotatable bonds is 4. The first-order valence-corrected chi connectivity index (χ1v) is 14.1. The van der Waals surface area contributed by atoms with Gasteiger partial charge in [-0.3, -0.25) is 0 Å². The van der Waals surface area contributed by atoms with Gasteiger partial charge < -0.3 is 29.9 Å². The Hall–Kier alpha value is -3.40. The summed E-state index contributed by atoms with van der Waals surface area (Å²) in [5.74, 6) is 1.51. The summed E-state index contributed by atoms with van der Waals surface area (Å²) in [6, 6.07) is 7.65. The second kappa shape index (κ2) is 12.6. The van der Waals surface area contributed by atoms with Gasteiger partial charge in [0.25, 0.3) is 0 Å². The molecule has 3 heterocycles. The summed E-state index contributed by atoms with van der Waals surface area (Å²) in [7, 11) is 0. The van der Waals surface area contributed by atoms with E-state index in [0.717, 1.165) is 48.6 Å². The van der Waals surface area contributed by atoms with E-state index in [1.165, 1.54) is 6.42 Å². The van der Waals surface area contributed by atoms with Crippen LogP contribution >= 0.6 is 0 Å². The van der Waals surface area contributed by atoms with Crippen LogP contribution in [0.5, 0.6) is 0 Å². The lowest BCUT2D eigenvalue weighted by molar-refractivity contribution is 0.0220. The normalized spacial score (nSPS) is 17.3. The molecule has 1 saturated carbocycles. The lowest BCUT2D eigenvalue weighted by atomic mass is 9.93. The van der Waals surface area contributed by atoms with E-state index in [4.69, 9.17) is 19.4 Å². The van der Waals surface area contributed by atoms with Gasteiger partial charge in [-0.15, -0.1) is 0 Å². The van der Waals surface area contributed by atoms with E-state index >= 15 is 0 Å². The van der Waals surface area contributed by atoms with Crippen molar-refractivity contribution in [3.05, 3.63) is 35.5 Å². The van der Waals surface area contributed by atoms with Crippen molar-refractivity contribution in [2.75, 3.05) is 43.1 Å². The molecule has 0 spiro atoms. The Bertz CT molecular complexity index is 1140. The zero-order valence-corrected chi connectivity index (χ0v) is 23.9. The summed E-state index contributed by atoms with van der Waals surface area (Å²) in [5.41, 5.74) is 2.92. The van der Waals surface area contributed by atoms with Crippen molar-refractivity contribution < 1.29 is 19.1 Å². The van der Waals surface area contributed by atoms with E-state index in [2.05, 4.69) is 15.5 Å². The predicted octanol–water partition coefficient (Wildman–Crippen LogP) is 4.97. The summed E-state index contributed by atoms with van der Waals surface area (Å²) in [6.45, 7) is 13.4. The van der Waals surface area contributed by atoms with E-state index in [-0.39, 0.29) is 18.2 Å². The predicted molar refractivity (Wildman–Crippen MR) is 152 cm³/mol. The number of amides is 3. The Balaban J connectivity index is 0.00000172. The van der Waals surface area contributed by atoms with E-state index in [0.29, 0.717) is 44.2 Å². The fourth-order valence-corrected chi connectivity index (χ4v) is 4.67. The van der Waals surface area contributed by atoms with Crippen LogP contribution in [0, 0.1) is 0 Å². The number of carbonyl (C=O) groups is 2. The van der Waals surface area contributed by atoms with Crippen LogP contribution in [0.1, 0.15) is 65.1 Å². The number of hydrogen-bond acceptors (Lipinski definition) is 7. The minimum absolute atomic E-state index is 0.181. The maximum atomic E-state index is 12.8. The van der Waals surface area contributed by atoms with Gasteiger partial charge in [0, 0.05) is 42.5 Å². The van der Waals surface area contributed by atoms with E-state index < -0.39 is 5.60 Å². The van der Waals surface area contributed by atoms with Crippen molar-refractivity contribution in [1.82, 2.24) is 20.2 Å². The third kappa shape index (κ3) is 7.38. The quantitative estimate of drug-likeness (QED) is 0.565. The third-order valence-corrected chi connectivity index (χ3v) is 6.85. The molecule has 2 fully saturated rings. The molecule has 0 radical (unpaired) electrons. The van der Waals surface area contributed by atoms with Crippen LogP contribution in [0.4, 0.5) is 21.1 Å². The monoisotopic (exact) mass is 538 g/mol. The molecular formula is C29H42N6O4. The molecule has 0 atom stereocenters. The number of nitrogens with zero attached hydrogens (tertiary/aromatic N) is 4. The van der Waals surface area contributed by atoms with Crippen LogP contribution in [0.15, 0.2) is 24.3 Å². The summed E-state index contributed by atoms with van der Waals surface area (Å²) >= 11 is 0. The highest BCUT2D eigenvalue weighted by Crippen LogP contribution is 2.31. The molecule has 0 unspecified atom stereocenters. The number of anilines is 2. The molecule has 2 N–H and O–H groups in total. The Morgan fingerprint density at radius 1 is 1.03 bits per heavy atom.